The van der Waals surface area contributed by atoms with Gasteiger partial charge < -0.3 is 9.64 Å². The minimum absolute atomic E-state index is 0.0924. The Kier molecular flexibility index (Phi) is 5.48. The van der Waals surface area contributed by atoms with E-state index in [2.05, 4.69) is 136 Å². The normalized spacial score (nSPS) is 30.9. The fourth-order valence-electron chi connectivity index (χ4n) is 13.2. The third-order valence-corrected chi connectivity index (χ3v) is 16.6. The zero-order valence-electron chi connectivity index (χ0n) is 30.1. The quantitative estimate of drug-likeness (QED) is 0.184. The van der Waals surface area contributed by atoms with E-state index in [-0.39, 0.29) is 16.2 Å². The first-order chi connectivity index (χ1) is 24.7. The predicted molar refractivity (Wildman–Crippen MR) is 211 cm³/mol. The van der Waals surface area contributed by atoms with Gasteiger partial charge in [-0.05, 0) is 138 Å². The summed E-state index contributed by atoms with van der Waals surface area (Å²) in [7, 11) is 0. The lowest BCUT2D eigenvalue weighted by atomic mass is 9.26. The number of hydrogen-bond donors (Lipinski definition) is 0. The molecule has 51 heavy (non-hydrogen) atoms. The van der Waals surface area contributed by atoms with Crippen LogP contribution in [0.2, 0.25) is 0 Å². The summed E-state index contributed by atoms with van der Waals surface area (Å²) in [6.45, 7) is 9.73. The first-order valence-corrected chi connectivity index (χ1v) is 20.3. The van der Waals surface area contributed by atoms with E-state index < -0.39 is 0 Å². The van der Waals surface area contributed by atoms with Crippen LogP contribution in [0.5, 0.6) is 11.5 Å². The molecule has 0 saturated heterocycles. The van der Waals surface area contributed by atoms with Gasteiger partial charge in [-0.1, -0.05) is 76.2 Å². The number of hydrogen-bond acceptors (Lipinski definition) is 3. The summed E-state index contributed by atoms with van der Waals surface area (Å²) in [6, 6.07) is 39.7. The summed E-state index contributed by atoms with van der Waals surface area (Å²) in [5.41, 5.74) is 10.5. The van der Waals surface area contributed by atoms with Crippen LogP contribution in [-0.4, -0.2) is 0 Å². The van der Waals surface area contributed by atoms with Crippen molar-refractivity contribution in [2.45, 2.75) is 82.5 Å². The summed E-state index contributed by atoms with van der Waals surface area (Å²) in [6.07, 6.45) is 8.16. The zero-order valence-corrected chi connectivity index (χ0v) is 30.9. The van der Waals surface area contributed by atoms with Crippen molar-refractivity contribution < 1.29 is 4.74 Å². The molecule has 2 heterocycles. The molecule has 2 bridgehead atoms. The summed E-state index contributed by atoms with van der Waals surface area (Å²) < 4.78 is 9.69. The molecule has 0 N–H and O–H groups in total. The third kappa shape index (κ3) is 3.51. The fraction of sp³-hybridized carbons (Fsp3) is 0.375. The van der Waals surface area contributed by atoms with Crippen molar-refractivity contribution in [2.24, 2.45) is 29.1 Å². The topological polar surface area (TPSA) is 12.5 Å². The van der Waals surface area contributed by atoms with Crippen molar-refractivity contribution in [3.63, 3.8) is 0 Å². The predicted octanol–water partition coefficient (Wildman–Crippen LogP) is 13.3. The van der Waals surface area contributed by atoms with Crippen molar-refractivity contribution in [2.75, 3.05) is 4.90 Å². The Morgan fingerprint density at radius 3 is 2.12 bits per heavy atom. The Hall–Kier alpha value is -4.08. The van der Waals surface area contributed by atoms with E-state index in [0.29, 0.717) is 5.41 Å². The van der Waals surface area contributed by atoms with Crippen LogP contribution in [0, 0.1) is 29.1 Å². The van der Waals surface area contributed by atoms with E-state index in [4.69, 9.17) is 4.74 Å². The number of para-hydroxylation sites is 1. The molecule has 1 aromatic heterocycles. The molecule has 2 nitrogen and oxygen atoms in total. The van der Waals surface area contributed by atoms with Crippen LogP contribution in [0.25, 0.3) is 20.2 Å². The second kappa shape index (κ2) is 9.47. The first kappa shape index (κ1) is 29.5. The molecule has 12 rings (SSSR count). The molecule has 1 aliphatic heterocycles. The standard InChI is InChI=1S/C48H45NOS/c1-45(2)19-20-46(3,4)38-25-31(13-16-35(38)45)49(30-15-18-42-34(24-30)33-9-5-8-12-41(33)51-42)32-14-17-37-40(26-32)50-39-11-7-6-10-36(39)48(37)43-22-28-21-29-23-44(48)47(29,43)27-28/h5-18,24-26,28-29,43-44H,19-23,27H2,1-4H3. The molecule has 2 spiro atoms. The minimum atomic E-state index is 0.0924. The lowest BCUT2D eigenvalue weighted by Crippen LogP contribution is -2.74. The zero-order chi connectivity index (χ0) is 34.1. The van der Waals surface area contributed by atoms with E-state index in [9.17, 15) is 0 Å². The third-order valence-electron chi connectivity index (χ3n) is 15.4. The fourth-order valence-corrected chi connectivity index (χ4v) is 14.3. The number of anilines is 3. The molecule has 6 atom stereocenters. The molecule has 3 heteroatoms. The molecule has 4 saturated carbocycles. The van der Waals surface area contributed by atoms with E-state index >= 15 is 0 Å². The maximum absolute atomic E-state index is 7.00. The second-order valence-electron chi connectivity index (χ2n) is 18.5. The number of thiophene rings is 1. The van der Waals surface area contributed by atoms with Gasteiger partial charge in [0.2, 0.25) is 0 Å². The molecular formula is C48H45NOS. The average molecular weight is 684 g/mol. The van der Waals surface area contributed by atoms with Gasteiger partial charge >= 0.3 is 0 Å². The van der Waals surface area contributed by atoms with E-state index in [0.717, 1.165) is 35.2 Å². The van der Waals surface area contributed by atoms with E-state index in [1.54, 1.807) is 0 Å². The molecule has 5 aliphatic carbocycles. The van der Waals surface area contributed by atoms with Crippen molar-refractivity contribution in [3.8, 4) is 11.5 Å². The lowest BCUT2D eigenvalue weighted by molar-refractivity contribution is -0.235. The number of fused-ring (bicyclic) bond motifs is 11. The highest BCUT2D eigenvalue weighted by molar-refractivity contribution is 7.25. The van der Waals surface area contributed by atoms with Crippen LogP contribution in [-0.2, 0) is 16.2 Å². The first-order valence-electron chi connectivity index (χ1n) is 19.5. The Morgan fingerprint density at radius 1 is 0.588 bits per heavy atom. The van der Waals surface area contributed by atoms with Crippen LogP contribution in [0.1, 0.15) is 88.5 Å². The summed E-state index contributed by atoms with van der Waals surface area (Å²) in [4.78, 5) is 2.51. The molecule has 4 fully saturated rings. The van der Waals surface area contributed by atoms with Gasteiger partial charge in [0, 0.05) is 59.8 Å². The minimum Gasteiger partial charge on any atom is -0.457 e. The summed E-state index contributed by atoms with van der Waals surface area (Å²) in [5, 5.41) is 2.67. The van der Waals surface area contributed by atoms with Gasteiger partial charge in [-0.3, -0.25) is 0 Å². The Labute approximate surface area is 305 Å². The van der Waals surface area contributed by atoms with Gasteiger partial charge in [0.05, 0.1) is 0 Å². The second-order valence-corrected chi connectivity index (χ2v) is 19.5. The number of benzene rings is 5. The molecule has 5 aromatic carbocycles. The van der Waals surface area contributed by atoms with Gasteiger partial charge in [0.1, 0.15) is 11.5 Å². The van der Waals surface area contributed by atoms with Crippen molar-refractivity contribution in [1.29, 1.82) is 0 Å². The molecule has 0 radical (unpaired) electrons. The van der Waals surface area contributed by atoms with Gasteiger partial charge in [-0.25, -0.2) is 0 Å². The van der Waals surface area contributed by atoms with Crippen molar-refractivity contribution in [1.82, 2.24) is 0 Å². The molecule has 0 amide bonds. The molecular weight excluding hydrogens is 639 g/mol. The summed E-state index contributed by atoms with van der Waals surface area (Å²) >= 11 is 1.89. The van der Waals surface area contributed by atoms with E-state index in [1.165, 1.54) is 98.0 Å². The number of rotatable bonds is 3. The van der Waals surface area contributed by atoms with Crippen LogP contribution < -0.4 is 9.64 Å². The number of nitrogens with zero attached hydrogens (tertiary/aromatic N) is 1. The lowest BCUT2D eigenvalue weighted by Gasteiger charge is -2.77. The van der Waals surface area contributed by atoms with Crippen molar-refractivity contribution >= 4 is 48.6 Å². The molecule has 6 unspecified atom stereocenters. The number of ether oxygens (including phenoxy) is 1. The molecule has 254 valence electrons. The largest absolute Gasteiger partial charge is 0.457 e. The van der Waals surface area contributed by atoms with Crippen LogP contribution in [0.4, 0.5) is 17.1 Å². The Morgan fingerprint density at radius 2 is 1.25 bits per heavy atom. The molecule has 6 aromatic rings. The Balaban J connectivity index is 1.06. The van der Waals surface area contributed by atoms with Gasteiger partial charge in [-0.2, -0.15) is 0 Å². The highest BCUT2D eigenvalue weighted by Gasteiger charge is 2.84. The van der Waals surface area contributed by atoms with E-state index in [1.807, 2.05) is 11.3 Å². The van der Waals surface area contributed by atoms with Crippen LogP contribution in [0.3, 0.4) is 0 Å². The van der Waals surface area contributed by atoms with Gasteiger partial charge in [-0.15, -0.1) is 11.3 Å². The Bertz CT molecular complexity index is 2490. The average Bonchev–Trinajstić information content (AvgIpc) is 3.79. The highest BCUT2D eigenvalue weighted by atomic mass is 32.1. The van der Waals surface area contributed by atoms with Crippen molar-refractivity contribution in [3.05, 3.63) is 125 Å². The SMILES string of the molecule is CC1(C)CCC(C)(C)c2cc(N(c3ccc4c(c3)Oc3ccccc3C43C4CC5CC6CC3C64C5)c3ccc4sc5ccccc5c4c3)ccc21. The monoisotopic (exact) mass is 683 g/mol. The maximum atomic E-state index is 7.00. The van der Waals surface area contributed by atoms with Gasteiger partial charge in [0.25, 0.3) is 0 Å². The molecule has 6 aliphatic rings. The van der Waals surface area contributed by atoms with Gasteiger partial charge in [0.15, 0.2) is 0 Å². The smallest absolute Gasteiger partial charge is 0.133 e. The van der Waals surface area contributed by atoms with Crippen LogP contribution >= 0.6 is 11.3 Å². The highest BCUT2D eigenvalue weighted by Crippen LogP contribution is 2.89. The maximum Gasteiger partial charge on any atom is 0.133 e. The summed E-state index contributed by atoms with van der Waals surface area (Å²) in [5.74, 6) is 5.54. The van der Waals surface area contributed by atoms with Crippen LogP contribution in [0.15, 0.2) is 103 Å².